The highest BCUT2D eigenvalue weighted by Crippen LogP contribution is 2.27. The molecule has 0 radical (unpaired) electrons. The second kappa shape index (κ2) is 8.01. The van der Waals surface area contributed by atoms with E-state index in [2.05, 4.69) is 52.9 Å². The quantitative estimate of drug-likeness (QED) is 0.548. The lowest BCUT2D eigenvalue weighted by Crippen LogP contribution is -2.08. The molecule has 27 heavy (non-hydrogen) atoms. The lowest BCUT2D eigenvalue weighted by atomic mass is 10.1. The maximum absolute atomic E-state index is 8.90. The molecule has 3 aromatic rings. The van der Waals surface area contributed by atoms with Gasteiger partial charge >= 0.3 is 0 Å². The summed E-state index contributed by atoms with van der Waals surface area (Å²) in [6.45, 7) is 4.05. The summed E-state index contributed by atoms with van der Waals surface area (Å²) in [5, 5.41) is 18.3. The predicted molar refractivity (Wildman–Crippen MR) is 111 cm³/mol. The number of benzene rings is 2. The van der Waals surface area contributed by atoms with Gasteiger partial charge in [0.2, 0.25) is 17.8 Å². The molecule has 0 fully saturated rings. The zero-order valence-electron chi connectivity index (χ0n) is 15.1. The average molecular weight is 424 g/mol. The van der Waals surface area contributed by atoms with E-state index in [0.717, 1.165) is 27.0 Å². The third-order valence-corrected chi connectivity index (χ3v) is 4.32. The van der Waals surface area contributed by atoms with Crippen LogP contribution in [0.2, 0.25) is 0 Å². The number of nitrogens with zero attached hydrogens (tertiary/aromatic N) is 4. The molecule has 0 bridgehead atoms. The Morgan fingerprint density at radius 1 is 0.889 bits per heavy atom. The van der Waals surface area contributed by atoms with Crippen molar-refractivity contribution < 1.29 is 0 Å². The van der Waals surface area contributed by atoms with Gasteiger partial charge in [0, 0.05) is 22.9 Å². The highest BCUT2D eigenvalue weighted by atomic mass is 79.9. The van der Waals surface area contributed by atoms with Crippen LogP contribution in [0, 0.1) is 25.2 Å². The molecule has 0 unspecified atom stereocenters. The maximum Gasteiger partial charge on any atom is 0.233 e. The number of aromatic nitrogens is 3. The summed E-state index contributed by atoms with van der Waals surface area (Å²) in [6, 6.07) is 13.2. The molecule has 3 N–H and O–H groups in total. The standard InChI is InChI=1S/C19H18BrN7/c1-11-8-14(20)9-12(2)16(11)24-19-26-17(22-3)25-18(27-19)23-15-6-4-13(10-21)5-7-15/h4-9H,1-3H3,(H3,22,23,24,25,26,27). The van der Waals surface area contributed by atoms with E-state index < -0.39 is 0 Å². The third-order valence-electron chi connectivity index (χ3n) is 3.86. The summed E-state index contributed by atoms with van der Waals surface area (Å²) < 4.78 is 1.03. The van der Waals surface area contributed by atoms with Crippen LogP contribution in [-0.4, -0.2) is 22.0 Å². The lowest BCUT2D eigenvalue weighted by Gasteiger charge is -2.14. The van der Waals surface area contributed by atoms with Crippen LogP contribution >= 0.6 is 15.9 Å². The van der Waals surface area contributed by atoms with Gasteiger partial charge in [0.15, 0.2) is 0 Å². The van der Waals surface area contributed by atoms with Crippen molar-refractivity contribution in [2.24, 2.45) is 0 Å². The highest BCUT2D eigenvalue weighted by Gasteiger charge is 2.10. The SMILES string of the molecule is CNc1nc(Nc2ccc(C#N)cc2)nc(Nc2c(C)cc(Br)cc2C)n1. The summed E-state index contributed by atoms with van der Waals surface area (Å²) >= 11 is 3.51. The first-order valence-electron chi connectivity index (χ1n) is 8.23. The Kier molecular flexibility index (Phi) is 5.52. The summed E-state index contributed by atoms with van der Waals surface area (Å²) in [7, 11) is 1.75. The number of anilines is 5. The number of aryl methyl sites for hydroxylation is 2. The number of nitrogens with one attached hydrogen (secondary N) is 3. The van der Waals surface area contributed by atoms with Crippen LogP contribution in [0.25, 0.3) is 0 Å². The minimum absolute atomic E-state index is 0.397. The maximum atomic E-state index is 8.90. The van der Waals surface area contributed by atoms with E-state index in [9.17, 15) is 0 Å². The van der Waals surface area contributed by atoms with Crippen molar-refractivity contribution in [1.29, 1.82) is 5.26 Å². The molecule has 0 atom stereocenters. The molecular formula is C19H18BrN7. The summed E-state index contributed by atoms with van der Waals surface area (Å²) in [6.07, 6.45) is 0. The van der Waals surface area contributed by atoms with Crippen molar-refractivity contribution in [2.45, 2.75) is 13.8 Å². The average Bonchev–Trinajstić information content (AvgIpc) is 2.65. The zero-order chi connectivity index (χ0) is 19.4. The largest absolute Gasteiger partial charge is 0.357 e. The second-order valence-electron chi connectivity index (χ2n) is 5.91. The number of hydrogen-bond donors (Lipinski definition) is 3. The summed E-state index contributed by atoms with van der Waals surface area (Å²) in [5.74, 6) is 1.27. The van der Waals surface area contributed by atoms with Gasteiger partial charge < -0.3 is 16.0 Å². The first kappa shape index (κ1) is 18.6. The van der Waals surface area contributed by atoms with Crippen LogP contribution in [0.4, 0.5) is 29.2 Å². The van der Waals surface area contributed by atoms with Crippen molar-refractivity contribution in [1.82, 2.24) is 15.0 Å². The van der Waals surface area contributed by atoms with E-state index in [4.69, 9.17) is 5.26 Å². The van der Waals surface area contributed by atoms with Gasteiger partial charge in [-0.05, 0) is 61.4 Å². The third kappa shape index (κ3) is 4.51. The van der Waals surface area contributed by atoms with Crippen molar-refractivity contribution in [3.8, 4) is 6.07 Å². The Labute approximate surface area is 166 Å². The Morgan fingerprint density at radius 3 is 2.00 bits per heavy atom. The fourth-order valence-electron chi connectivity index (χ4n) is 2.58. The summed E-state index contributed by atoms with van der Waals surface area (Å²) in [4.78, 5) is 13.2. The highest BCUT2D eigenvalue weighted by molar-refractivity contribution is 9.10. The fourth-order valence-corrected chi connectivity index (χ4v) is 3.26. The number of halogens is 1. The number of rotatable bonds is 5. The molecular weight excluding hydrogens is 406 g/mol. The van der Waals surface area contributed by atoms with Gasteiger partial charge in [-0.25, -0.2) is 0 Å². The van der Waals surface area contributed by atoms with Crippen molar-refractivity contribution >= 4 is 45.1 Å². The molecule has 7 nitrogen and oxygen atoms in total. The Morgan fingerprint density at radius 2 is 1.44 bits per heavy atom. The van der Waals surface area contributed by atoms with Crippen LogP contribution < -0.4 is 16.0 Å². The zero-order valence-corrected chi connectivity index (χ0v) is 16.7. The van der Waals surface area contributed by atoms with Crippen molar-refractivity contribution in [3.63, 3.8) is 0 Å². The van der Waals surface area contributed by atoms with E-state index >= 15 is 0 Å². The van der Waals surface area contributed by atoms with Crippen LogP contribution in [0.15, 0.2) is 40.9 Å². The molecule has 0 amide bonds. The van der Waals surface area contributed by atoms with Gasteiger partial charge in [-0.2, -0.15) is 20.2 Å². The van der Waals surface area contributed by atoms with Crippen LogP contribution in [0.3, 0.4) is 0 Å². The monoisotopic (exact) mass is 423 g/mol. The molecule has 0 aliphatic carbocycles. The van der Waals surface area contributed by atoms with Gasteiger partial charge in [-0.1, -0.05) is 15.9 Å². The molecule has 0 saturated carbocycles. The molecule has 1 heterocycles. The summed E-state index contributed by atoms with van der Waals surface area (Å²) in [5.41, 5.74) is 4.49. The van der Waals surface area contributed by atoms with Crippen LogP contribution in [-0.2, 0) is 0 Å². The first-order chi connectivity index (χ1) is 13.0. The first-order valence-corrected chi connectivity index (χ1v) is 9.02. The Bertz CT molecular complexity index is 987. The Hall–Kier alpha value is -3.18. The van der Waals surface area contributed by atoms with E-state index in [-0.39, 0.29) is 0 Å². The molecule has 3 rings (SSSR count). The number of nitriles is 1. The molecule has 1 aromatic heterocycles. The minimum Gasteiger partial charge on any atom is -0.357 e. The smallest absolute Gasteiger partial charge is 0.233 e. The van der Waals surface area contributed by atoms with Crippen LogP contribution in [0.1, 0.15) is 16.7 Å². The minimum atomic E-state index is 0.397. The predicted octanol–water partition coefficient (Wildman–Crippen LogP) is 4.65. The van der Waals surface area contributed by atoms with E-state index in [1.807, 2.05) is 26.0 Å². The molecule has 0 aliphatic heterocycles. The molecule has 8 heteroatoms. The molecule has 2 aromatic carbocycles. The topological polar surface area (TPSA) is 98.5 Å². The van der Waals surface area contributed by atoms with E-state index in [0.29, 0.717) is 23.4 Å². The molecule has 0 spiro atoms. The van der Waals surface area contributed by atoms with Crippen molar-refractivity contribution in [3.05, 3.63) is 57.6 Å². The molecule has 0 aliphatic rings. The van der Waals surface area contributed by atoms with Gasteiger partial charge in [-0.3, -0.25) is 0 Å². The lowest BCUT2D eigenvalue weighted by molar-refractivity contribution is 1.05. The second-order valence-corrected chi connectivity index (χ2v) is 6.83. The van der Waals surface area contributed by atoms with E-state index in [1.165, 1.54) is 0 Å². The van der Waals surface area contributed by atoms with Gasteiger partial charge in [-0.15, -0.1) is 0 Å². The van der Waals surface area contributed by atoms with Gasteiger partial charge in [0.05, 0.1) is 11.6 Å². The Balaban J connectivity index is 1.90. The van der Waals surface area contributed by atoms with Crippen molar-refractivity contribution in [2.75, 3.05) is 23.0 Å². The van der Waals surface area contributed by atoms with Gasteiger partial charge in [0.1, 0.15) is 0 Å². The van der Waals surface area contributed by atoms with E-state index in [1.54, 1.807) is 31.3 Å². The molecule has 0 saturated heterocycles. The normalized spacial score (nSPS) is 10.2. The number of hydrogen-bond acceptors (Lipinski definition) is 7. The fraction of sp³-hybridized carbons (Fsp3) is 0.158. The van der Waals surface area contributed by atoms with Crippen LogP contribution in [0.5, 0.6) is 0 Å². The molecule has 136 valence electrons. The van der Waals surface area contributed by atoms with Gasteiger partial charge in [0.25, 0.3) is 0 Å².